The summed E-state index contributed by atoms with van der Waals surface area (Å²) in [4.78, 5) is 19.4. The normalized spacial score (nSPS) is 20.6. The molecular weight excluding hydrogens is 312 g/mol. The third-order valence-corrected chi connectivity index (χ3v) is 5.17. The summed E-state index contributed by atoms with van der Waals surface area (Å²) in [6.07, 6.45) is 5.66. The highest BCUT2D eigenvalue weighted by Crippen LogP contribution is 2.25. The summed E-state index contributed by atoms with van der Waals surface area (Å²) >= 11 is 0. The Morgan fingerprint density at radius 1 is 1.08 bits per heavy atom. The quantitative estimate of drug-likeness (QED) is 0.874. The second kappa shape index (κ2) is 7.33. The van der Waals surface area contributed by atoms with E-state index in [4.69, 9.17) is 0 Å². The van der Waals surface area contributed by atoms with Crippen molar-refractivity contribution >= 4 is 5.91 Å². The fourth-order valence-electron chi connectivity index (χ4n) is 3.79. The molecule has 1 atom stereocenters. The molecule has 130 valence electrons. The van der Waals surface area contributed by atoms with Gasteiger partial charge in [0.05, 0.1) is 6.04 Å². The van der Waals surface area contributed by atoms with E-state index in [1.165, 1.54) is 11.1 Å². The second-order valence-corrected chi connectivity index (χ2v) is 6.74. The van der Waals surface area contributed by atoms with Gasteiger partial charge in [-0.3, -0.25) is 9.78 Å². The smallest absolute Gasteiger partial charge is 0.254 e. The molecule has 0 spiro atoms. The molecule has 0 radical (unpaired) electrons. The first-order valence-corrected chi connectivity index (χ1v) is 9.07. The molecule has 3 heterocycles. The van der Waals surface area contributed by atoms with Gasteiger partial charge in [-0.15, -0.1) is 0 Å². The Balaban J connectivity index is 1.61. The summed E-state index contributed by atoms with van der Waals surface area (Å²) in [5, 5.41) is 6.82. The maximum Gasteiger partial charge on any atom is 0.254 e. The van der Waals surface area contributed by atoms with Gasteiger partial charge < -0.3 is 15.5 Å². The first-order chi connectivity index (χ1) is 12.3. The van der Waals surface area contributed by atoms with Crippen LogP contribution < -0.4 is 10.6 Å². The number of carbonyl (C=O) groups excluding carboxylic acids is 1. The van der Waals surface area contributed by atoms with Crippen LogP contribution in [-0.4, -0.2) is 48.5 Å². The van der Waals surface area contributed by atoms with E-state index in [2.05, 4.69) is 27.8 Å². The molecule has 2 N–H and O–H groups in total. The van der Waals surface area contributed by atoms with Crippen LogP contribution in [-0.2, 0) is 12.8 Å². The van der Waals surface area contributed by atoms with Gasteiger partial charge in [0.15, 0.2) is 0 Å². The summed E-state index contributed by atoms with van der Waals surface area (Å²) in [6.45, 7) is 4.32. The van der Waals surface area contributed by atoms with Gasteiger partial charge in [-0.05, 0) is 60.8 Å². The van der Waals surface area contributed by atoms with Crippen molar-refractivity contribution in [2.75, 3.05) is 32.7 Å². The van der Waals surface area contributed by atoms with E-state index in [1.54, 1.807) is 6.20 Å². The lowest BCUT2D eigenvalue weighted by Gasteiger charge is -2.36. The molecule has 2 aromatic rings. The maximum atomic E-state index is 13.2. The maximum absolute atomic E-state index is 13.2. The number of amides is 1. The third-order valence-electron chi connectivity index (χ3n) is 5.17. The number of aromatic nitrogens is 1. The first kappa shape index (κ1) is 16.2. The molecule has 1 amide bonds. The van der Waals surface area contributed by atoms with E-state index in [0.29, 0.717) is 0 Å². The van der Waals surface area contributed by atoms with Gasteiger partial charge in [-0.1, -0.05) is 12.1 Å². The van der Waals surface area contributed by atoms with Gasteiger partial charge >= 0.3 is 0 Å². The van der Waals surface area contributed by atoms with Gasteiger partial charge in [0.2, 0.25) is 0 Å². The van der Waals surface area contributed by atoms with E-state index in [1.807, 2.05) is 29.3 Å². The molecule has 0 bridgehead atoms. The lowest BCUT2D eigenvalue weighted by molar-refractivity contribution is 0.0634. The van der Waals surface area contributed by atoms with Crippen molar-refractivity contribution in [3.63, 3.8) is 0 Å². The molecule has 1 fully saturated rings. The van der Waals surface area contributed by atoms with Crippen LogP contribution in [0.4, 0.5) is 0 Å². The van der Waals surface area contributed by atoms with Gasteiger partial charge in [0.25, 0.3) is 5.91 Å². The molecule has 1 aromatic heterocycles. The van der Waals surface area contributed by atoms with Crippen molar-refractivity contribution in [3.05, 3.63) is 65.0 Å². The zero-order chi connectivity index (χ0) is 17.1. The van der Waals surface area contributed by atoms with E-state index in [-0.39, 0.29) is 11.9 Å². The lowest BCUT2D eigenvalue weighted by Crippen LogP contribution is -2.48. The van der Waals surface area contributed by atoms with Crippen LogP contribution in [0.25, 0.3) is 0 Å². The average Bonchev–Trinajstić information content (AvgIpc) is 2.93. The summed E-state index contributed by atoms with van der Waals surface area (Å²) in [7, 11) is 0. The van der Waals surface area contributed by atoms with Crippen LogP contribution in [0, 0.1) is 0 Å². The number of piperazine rings is 1. The number of nitrogens with one attached hydrogen (secondary N) is 2. The number of fused-ring (bicyclic) bond motifs is 1. The van der Waals surface area contributed by atoms with Gasteiger partial charge in [-0.2, -0.15) is 0 Å². The van der Waals surface area contributed by atoms with Crippen molar-refractivity contribution in [3.8, 4) is 0 Å². The Kier molecular flexibility index (Phi) is 4.76. The first-order valence-electron chi connectivity index (χ1n) is 9.07. The Morgan fingerprint density at radius 3 is 2.80 bits per heavy atom. The number of nitrogens with zero attached hydrogens (tertiary/aromatic N) is 2. The SMILES string of the molecule is O=C(c1ccc2c(c1)CCNCC2)N1CCNC[C@H]1c1cccnc1. The molecule has 4 rings (SSSR count). The predicted molar refractivity (Wildman–Crippen MR) is 97.6 cm³/mol. The van der Waals surface area contributed by atoms with Gasteiger partial charge in [0, 0.05) is 37.6 Å². The molecule has 2 aliphatic rings. The van der Waals surface area contributed by atoms with Crippen LogP contribution in [0.2, 0.25) is 0 Å². The summed E-state index contributed by atoms with van der Waals surface area (Å²) in [5.41, 5.74) is 4.56. The number of hydrogen-bond acceptors (Lipinski definition) is 4. The minimum atomic E-state index is 0.0374. The molecule has 25 heavy (non-hydrogen) atoms. The molecule has 0 unspecified atom stereocenters. The summed E-state index contributed by atoms with van der Waals surface area (Å²) in [6, 6.07) is 10.3. The minimum absolute atomic E-state index is 0.0374. The lowest BCUT2D eigenvalue weighted by atomic mass is 9.98. The van der Waals surface area contributed by atoms with Crippen LogP contribution in [0.5, 0.6) is 0 Å². The van der Waals surface area contributed by atoms with Crippen molar-refractivity contribution in [1.82, 2.24) is 20.5 Å². The monoisotopic (exact) mass is 336 g/mol. The van der Waals surface area contributed by atoms with Crippen molar-refractivity contribution in [2.24, 2.45) is 0 Å². The van der Waals surface area contributed by atoms with Crippen LogP contribution in [0.3, 0.4) is 0 Å². The fraction of sp³-hybridized carbons (Fsp3) is 0.400. The number of hydrogen-bond donors (Lipinski definition) is 2. The van der Waals surface area contributed by atoms with Crippen LogP contribution >= 0.6 is 0 Å². The summed E-state index contributed by atoms with van der Waals surface area (Å²) < 4.78 is 0. The zero-order valence-electron chi connectivity index (χ0n) is 14.4. The highest BCUT2D eigenvalue weighted by atomic mass is 16.2. The Morgan fingerprint density at radius 2 is 1.96 bits per heavy atom. The van der Waals surface area contributed by atoms with Crippen LogP contribution in [0.1, 0.15) is 33.1 Å². The zero-order valence-corrected chi connectivity index (χ0v) is 14.4. The van der Waals surface area contributed by atoms with E-state index < -0.39 is 0 Å². The standard InChI is InChI=1S/C20H24N4O/c25-20(17-4-3-15-5-8-21-9-6-16(15)12-17)24-11-10-23-14-19(24)18-2-1-7-22-13-18/h1-4,7,12-13,19,21,23H,5-6,8-11,14H2/t19-/m0/s1. The number of benzene rings is 1. The highest BCUT2D eigenvalue weighted by Gasteiger charge is 2.29. The topological polar surface area (TPSA) is 57.3 Å². The van der Waals surface area contributed by atoms with Gasteiger partial charge in [-0.25, -0.2) is 0 Å². The minimum Gasteiger partial charge on any atom is -0.329 e. The Labute approximate surface area is 148 Å². The molecule has 0 aliphatic carbocycles. The van der Waals surface area contributed by atoms with E-state index >= 15 is 0 Å². The van der Waals surface area contributed by atoms with Gasteiger partial charge in [0.1, 0.15) is 0 Å². The van der Waals surface area contributed by atoms with Crippen LogP contribution in [0.15, 0.2) is 42.7 Å². The predicted octanol–water partition coefficient (Wildman–Crippen LogP) is 1.56. The third kappa shape index (κ3) is 3.43. The molecule has 2 aliphatic heterocycles. The van der Waals surface area contributed by atoms with E-state index in [9.17, 15) is 4.79 Å². The number of pyridine rings is 1. The van der Waals surface area contributed by atoms with Crippen molar-refractivity contribution < 1.29 is 4.79 Å². The molecule has 0 saturated carbocycles. The second-order valence-electron chi connectivity index (χ2n) is 6.74. The molecule has 5 nitrogen and oxygen atoms in total. The molecule has 5 heteroatoms. The summed E-state index contributed by atoms with van der Waals surface area (Å²) in [5.74, 6) is 0.121. The number of carbonyl (C=O) groups is 1. The van der Waals surface area contributed by atoms with Crippen molar-refractivity contribution in [2.45, 2.75) is 18.9 Å². The molecule has 1 aromatic carbocycles. The molecular formula is C20H24N4O. The Hall–Kier alpha value is -2.24. The molecule has 1 saturated heterocycles. The highest BCUT2D eigenvalue weighted by molar-refractivity contribution is 5.95. The van der Waals surface area contributed by atoms with E-state index in [0.717, 1.165) is 56.7 Å². The average molecular weight is 336 g/mol. The fourth-order valence-corrected chi connectivity index (χ4v) is 3.79. The number of rotatable bonds is 2. The Bertz CT molecular complexity index is 747. The largest absolute Gasteiger partial charge is 0.329 e. The van der Waals surface area contributed by atoms with Crippen molar-refractivity contribution in [1.29, 1.82) is 0 Å².